The number of nitrogens with zero attached hydrogens (tertiary/aromatic N) is 5. The van der Waals surface area contributed by atoms with Crippen molar-refractivity contribution >= 4 is 40.2 Å². The van der Waals surface area contributed by atoms with Crippen molar-refractivity contribution in [2.75, 3.05) is 63.3 Å². The SMILES string of the molecule is N=Cc1c(N)cc(Cl)c(C2CC2)c1-c1nc2c3c(nc(OC[C@@]45CCCN4C/C(=C\CO)C5)nc3c1F)N1CCCOC[C@H]1CO2. The van der Waals surface area contributed by atoms with Crippen LogP contribution >= 0.6 is 11.6 Å². The van der Waals surface area contributed by atoms with E-state index < -0.39 is 5.82 Å². The highest BCUT2D eigenvalue weighted by molar-refractivity contribution is 6.32. The number of fused-ring (bicyclic) bond motifs is 3. The van der Waals surface area contributed by atoms with Gasteiger partial charge in [-0.05, 0) is 62.6 Å². The molecule has 11 nitrogen and oxygen atoms in total. The van der Waals surface area contributed by atoms with E-state index in [1.54, 1.807) is 6.07 Å². The van der Waals surface area contributed by atoms with Gasteiger partial charge >= 0.3 is 6.01 Å². The van der Waals surface area contributed by atoms with Crippen molar-refractivity contribution < 1.29 is 23.7 Å². The molecule has 242 valence electrons. The lowest BCUT2D eigenvalue weighted by atomic mass is 9.93. The number of rotatable bonds is 7. The van der Waals surface area contributed by atoms with Gasteiger partial charge in [0.15, 0.2) is 5.82 Å². The minimum atomic E-state index is -0.665. The molecule has 13 heteroatoms. The predicted octanol–water partition coefficient (Wildman–Crippen LogP) is 4.47. The molecular weight excluding hydrogens is 613 g/mol. The smallest absolute Gasteiger partial charge is 0.319 e. The predicted molar refractivity (Wildman–Crippen MR) is 173 cm³/mol. The Balaban J connectivity index is 1.30. The number of pyridine rings is 1. The van der Waals surface area contributed by atoms with Crippen LogP contribution in [0.2, 0.25) is 5.02 Å². The molecule has 3 saturated heterocycles. The molecule has 1 aromatic carbocycles. The van der Waals surface area contributed by atoms with Crippen LogP contribution < -0.4 is 20.1 Å². The Kier molecular flexibility index (Phi) is 7.51. The fraction of sp³-hybridized carbons (Fsp3) is 0.515. The summed E-state index contributed by atoms with van der Waals surface area (Å²) in [4.78, 5) is 18.9. The van der Waals surface area contributed by atoms with E-state index in [4.69, 9.17) is 51.9 Å². The Labute approximate surface area is 271 Å². The van der Waals surface area contributed by atoms with E-state index >= 15 is 4.39 Å². The van der Waals surface area contributed by atoms with Crippen LogP contribution in [-0.2, 0) is 4.74 Å². The van der Waals surface area contributed by atoms with Crippen LogP contribution in [0.15, 0.2) is 17.7 Å². The normalized spacial score (nSPS) is 25.2. The van der Waals surface area contributed by atoms with Gasteiger partial charge in [-0.2, -0.15) is 9.97 Å². The summed E-state index contributed by atoms with van der Waals surface area (Å²) in [6, 6.07) is 1.55. The van der Waals surface area contributed by atoms with Crippen molar-refractivity contribution in [3.05, 3.63) is 39.7 Å². The molecule has 3 aromatic rings. The number of aliphatic hydroxyl groups is 1. The second-order valence-corrected chi connectivity index (χ2v) is 13.5. The molecule has 4 N–H and O–H groups in total. The van der Waals surface area contributed by atoms with Crippen molar-refractivity contribution in [1.29, 1.82) is 5.41 Å². The molecule has 8 rings (SSSR count). The molecule has 46 heavy (non-hydrogen) atoms. The molecule has 0 bridgehead atoms. The Morgan fingerprint density at radius 2 is 2.09 bits per heavy atom. The summed E-state index contributed by atoms with van der Waals surface area (Å²) in [5.74, 6) is 0.182. The summed E-state index contributed by atoms with van der Waals surface area (Å²) in [6.45, 7) is 4.05. The van der Waals surface area contributed by atoms with Gasteiger partial charge in [0.05, 0.1) is 24.8 Å². The van der Waals surface area contributed by atoms with E-state index in [0.717, 1.165) is 63.4 Å². The summed E-state index contributed by atoms with van der Waals surface area (Å²) in [5.41, 5.74) is 9.12. The zero-order chi connectivity index (χ0) is 31.6. The molecule has 0 spiro atoms. The Bertz CT molecular complexity index is 1770. The van der Waals surface area contributed by atoms with Crippen LogP contribution in [0.3, 0.4) is 0 Å². The zero-order valence-corrected chi connectivity index (χ0v) is 26.3. The van der Waals surface area contributed by atoms with E-state index in [-0.39, 0.29) is 59.5 Å². The second kappa shape index (κ2) is 11.6. The Hall–Kier alpha value is -3.58. The number of nitrogens with one attached hydrogen (secondary N) is 1. The third-order valence-corrected chi connectivity index (χ3v) is 10.4. The van der Waals surface area contributed by atoms with E-state index in [1.165, 1.54) is 5.57 Å². The number of aromatic nitrogens is 3. The number of halogens is 2. The first-order valence-corrected chi connectivity index (χ1v) is 16.5. The highest BCUT2D eigenvalue weighted by Gasteiger charge is 2.47. The van der Waals surface area contributed by atoms with Crippen LogP contribution in [0.5, 0.6) is 11.9 Å². The average molecular weight is 650 g/mol. The standard InChI is InChI=1S/C33H37ClFN7O4/c34-22-11-23(37)21(13-36)25(24(22)19-3-4-19)28-27(35)29-26-30(42-8-2-10-44-15-20(42)16-45-31(26)38-28)40-32(39-29)46-17-33-6-1-7-41(33)14-18(12-33)5-9-43/h5,11,13,19-20,36,43H,1-4,6-10,12,14-17,37H2/b18-5-,36-13?/t20-,33-/m0/s1. The number of nitrogens with two attached hydrogens (primary N) is 1. The number of benzene rings is 1. The third kappa shape index (κ3) is 4.88. The van der Waals surface area contributed by atoms with Crippen LogP contribution in [0.1, 0.15) is 55.6 Å². The molecule has 0 unspecified atom stereocenters. The van der Waals surface area contributed by atoms with Gasteiger partial charge in [-0.1, -0.05) is 23.3 Å². The third-order valence-electron chi connectivity index (χ3n) is 10.1. The molecule has 6 heterocycles. The summed E-state index contributed by atoms with van der Waals surface area (Å²) < 4.78 is 35.7. The number of aliphatic hydroxyl groups excluding tert-OH is 1. The topological polar surface area (TPSA) is 143 Å². The van der Waals surface area contributed by atoms with Gasteiger partial charge in [0.2, 0.25) is 5.88 Å². The highest BCUT2D eigenvalue weighted by atomic mass is 35.5. The van der Waals surface area contributed by atoms with Crippen molar-refractivity contribution in [2.24, 2.45) is 0 Å². The van der Waals surface area contributed by atoms with Crippen LogP contribution in [0.25, 0.3) is 22.2 Å². The highest BCUT2D eigenvalue weighted by Crippen LogP contribution is 2.51. The van der Waals surface area contributed by atoms with Gasteiger partial charge in [-0.25, -0.2) is 9.37 Å². The lowest BCUT2D eigenvalue weighted by Gasteiger charge is -2.31. The van der Waals surface area contributed by atoms with Crippen molar-refractivity contribution in [3.63, 3.8) is 0 Å². The molecule has 1 aliphatic carbocycles. The molecule has 4 fully saturated rings. The van der Waals surface area contributed by atoms with Crippen LogP contribution in [-0.4, -0.2) is 95.4 Å². The largest absolute Gasteiger partial charge is 0.475 e. The van der Waals surface area contributed by atoms with Gasteiger partial charge in [-0.15, -0.1) is 0 Å². The molecule has 4 aliphatic heterocycles. The van der Waals surface area contributed by atoms with E-state index in [9.17, 15) is 5.11 Å². The molecule has 2 aromatic heterocycles. The molecule has 2 atom stereocenters. The minimum Gasteiger partial charge on any atom is -0.475 e. The van der Waals surface area contributed by atoms with Gasteiger partial charge in [0.25, 0.3) is 0 Å². The first-order valence-electron chi connectivity index (χ1n) is 16.1. The lowest BCUT2D eigenvalue weighted by Crippen LogP contribution is -2.43. The van der Waals surface area contributed by atoms with Gasteiger partial charge < -0.3 is 35.4 Å². The van der Waals surface area contributed by atoms with Crippen LogP contribution in [0, 0.1) is 11.2 Å². The number of hydrogen-bond acceptors (Lipinski definition) is 11. The molecule has 5 aliphatic rings. The number of hydrogen-bond donors (Lipinski definition) is 3. The molecule has 0 radical (unpaired) electrons. The van der Waals surface area contributed by atoms with Gasteiger partial charge in [-0.3, -0.25) is 4.90 Å². The summed E-state index contributed by atoms with van der Waals surface area (Å²) in [6.07, 6.45) is 8.40. The Morgan fingerprint density at radius 3 is 2.89 bits per heavy atom. The quantitative estimate of drug-likeness (QED) is 0.191. The van der Waals surface area contributed by atoms with Crippen molar-refractivity contribution in [2.45, 2.75) is 56.0 Å². The van der Waals surface area contributed by atoms with Crippen molar-refractivity contribution in [3.8, 4) is 23.1 Å². The summed E-state index contributed by atoms with van der Waals surface area (Å²) in [5, 5.41) is 18.5. The maximum Gasteiger partial charge on any atom is 0.319 e. The number of anilines is 2. The fourth-order valence-electron chi connectivity index (χ4n) is 7.79. The maximum absolute atomic E-state index is 17.1. The molecule has 0 amide bonds. The van der Waals surface area contributed by atoms with E-state index in [1.807, 2.05) is 6.08 Å². The number of ether oxygens (including phenoxy) is 3. The molecular formula is C33H37ClFN7O4. The Morgan fingerprint density at radius 1 is 1.22 bits per heavy atom. The average Bonchev–Trinajstić information content (AvgIpc) is 3.79. The van der Waals surface area contributed by atoms with E-state index in [2.05, 4.69) is 9.80 Å². The van der Waals surface area contributed by atoms with Crippen molar-refractivity contribution in [1.82, 2.24) is 19.9 Å². The zero-order valence-electron chi connectivity index (χ0n) is 25.5. The monoisotopic (exact) mass is 649 g/mol. The fourth-order valence-corrected chi connectivity index (χ4v) is 8.16. The molecule has 1 saturated carbocycles. The van der Waals surface area contributed by atoms with Gasteiger partial charge in [0.1, 0.15) is 35.6 Å². The summed E-state index contributed by atoms with van der Waals surface area (Å²) >= 11 is 6.73. The lowest BCUT2D eigenvalue weighted by molar-refractivity contribution is 0.108. The second-order valence-electron chi connectivity index (χ2n) is 13.0. The maximum atomic E-state index is 17.1. The first-order chi connectivity index (χ1) is 22.4. The summed E-state index contributed by atoms with van der Waals surface area (Å²) in [7, 11) is 0. The first kappa shape index (κ1) is 29.8. The van der Waals surface area contributed by atoms with E-state index in [0.29, 0.717) is 53.7 Å². The minimum absolute atomic E-state index is 0.00354. The number of nitrogen functional groups attached to an aromatic ring is 1. The van der Waals surface area contributed by atoms with Gasteiger partial charge in [0, 0.05) is 47.7 Å². The van der Waals surface area contributed by atoms with Crippen LogP contribution in [0.4, 0.5) is 15.9 Å².